The lowest BCUT2D eigenvalue weighted by Gasteiger charge is -2.12. The van der Waals surface area contributed by atoms with Gasteiger partial charge in [-0.05, 0) is 60.0 Å². The first-order chi connectivity index (χ1) is 10.5. The third kappa shape index (κ3) is 4.27. The van der Waals surface area contributed by atoms with Crippen LogP contribution in [-0.2, 0) is 0 Å². The minimum Gasteiger partial charge on any atom is -0.352 e. The fourth-order valence-electron chi connectivity index (χ4n) is 1.79. The summed E-state index contributed by atoms with van der Waals surface area (Å²) in [6, 6.07) is 7.60. The van der Waals surface area contributed by atoms with Gasteiger partial charge in [-0.1, -0.05) is 13.0 Å². The number of anilines is 2. The zero-order valence-electron chi connectivity index (χ0n) is 12.9. The van der Waals surface area contributed by atoms with Crippen LogP contribution in [0.25, 0.3) is 0 Å². The van der Waals surface area contributed by atoms with Crippen molar-refractivity contribution in [1.82, 2.24) is 9.97 Å². The molecule has 6 heteroatoms. The molecular formula is C16H19BrN4O. The molecule has 1 amide bonds. The molecule has 5 nitrogen and oxygen atoms in total. The van der Waals surface area contributed by atoms with Crippen molar-refractivity contribution < 1.29 is 4.79 Å². The summed E-state index contributed by atoms with van der Waals surface area (Å²) in [5.74, 6) is 0.198. The summed E-state index contributed by atoms with van der Waals surface area (Å²) in [7, 11) is 0. The molecule has 0 aliphatic carbocycles. The molecule has 1 atom stereocenters. The Morgan fingerprint density at radius 1 is 1.36 bits per heavy atom. The van der Waals surface area contributed by atoms with Gasteiger partial charge in [-0.3, -0.25) is 4.79 Å². The van der Waals surface area contributed by atoms with Crippen LogP contribution in [0.1, 0.15) is 36.3 Å². The first-order valence-corrected chi connectivity index (χ1v) is 7.96. The number of carbonyl (C=O) groups excluding carboxylic acids is 1. The van der Waals surface area contributed by atoms with E-state index in [0.717, 1.165) is 16.5 Å². The van der Waals surface area contributed by atoms with Crippen molar-refractivity contribution in [1.29, 1.82) is 0 Å². The first kappa shape index (κ1) is 16.4. The summed E-state index contributed by atoms with van der Waals surface area (Å²) >= 11 is 3.44. The Morgan fingerprint density at radius 3 is 2.82 bits per heavy atom. The van der Waals surface area contributed by atoms with E-state index in [1.165, 1.54) is 0 Å². The van der Waals surface area contributed by atoms with Gasteiger partial charge in [0.25, 0.3) is 5.91 Å². The fraction of sp³-hybridized carbons (Fsp3) is 0.312. The number of aromatic nitrogens is 2. The number of hydrogen-bond donors (Lipinski definition) is 2. The molecule has 0 spiro atoms. The minimum absolute atomic E-state index is 0.254. The van der Waals surface area contributed by atoms with Crippen molar-refractivity contribution in [3.63, 3.8) is 0 Å². The van der Waals surface area contributed by atoms with Crippen molar-refractivity contribution in [3.05, 3.63) is 46.2 Å². The summed E-state index contributed by atoms with van der Waals surface area (Å²) in [6.07, 6.45) is 2.53. The van der Waals surface area contributed by atoms with E-state index in [1.54, 1.807) is 12.3 Å². The van der Waals surface area contributed by atoms with Crippen LogP contribution < -0.4 is 10.6 Å². The second-order valence-electron chi connectivity index (χ2n) is 5.16. The highest BCUT2D eigenvalue weighted by molar-refractivity contribution is 9.10. The quantitative estimate of drug-likeness (QED) is 0.842. The van der Waals surface area contributed by atoms with Crippen molar-refractivity contribution >= 4 is 33.5 Å². The van der Waals surface area contributed by atoms with Gasteiger partial charge in [-0.25, -0.2) is 9.97 Å². The van der Waals surface area contributed by atoms with E-state index in [0.29, 0.717) is 17.3 Å². The Hall–Kier alpha value is -1.95. The maximum absolute atomic E-state index is 12.3. The number of halogens is 1. The number of amides is 1. The normalized spacial score (nSPS) is 11.8. The monoisotopic (exact) mass is 362 g/mol. The highest BCUT2D eigenvalue weighted by Crippen LogP contribution is 2.23. The molecule has 2 rings (SSSR count). The first-order valence-electron chi connectivity index (χ1n) is 7.16. The number of benzene rings is 1. The Morgan fingerprint density at radius 2 is 2.14 bits per heavy atom. The molecular weight excluding hydrogens is 344 g/mol. The highest BCUT2D eigenvalue weighted by Gasteiger charge is 2.11. The summed E-state index contributed by atoms with van der Waals surface area (Å²) in [5, 5.41) is 6.00. The number of nitrogens with zero attached hydrogens (tertiary/aromatic N) is 2. The van der Waals surface area contributed by atoms with E-state index >= 15 is 0 Å². The molecule has 0 fully saturated rings. The van der Waals surface area contributed by atoms with Crippen LogP contribution in [0.15, 0.2) is 34.9 Å². The maximum atomic E-state index is 12.3. The summed E-state index contributed by atoms with van der Waals surface area (Å²) in [6.45, 7) is 6.11. The van der Waals surface area contributed by atoms with Crippen LogP contribution in [0.5, 0.6) is 0 Å². The average molecular weight is 363 g/mol. The molecule has 1 heterocycles. The lowest BCUT2D eigenvalue weighted by molar-refractivity contribution is 0.102. The van der Waals surface area contributed by atoms with Crippen molar-refractivity contribution in [2.75, 3.05) is 10.6 Å². The predicted octanol–water partition coefficient (Wildman–Crippen LogP) is 4.01. The van der Waals surface area contributed by atoms with E-state index in [4.69, 9.17) is 0 Å². The summed E-state index contributed by atoms with van der Waals surface area (Å²) in [4.78, 5) is 20.7. The summed E-state index contributed by atoms with van der Waals surface area (Å²) in [5.41, 5.74) is 2.16. The van der Waals surface area contributed by atoms with Gasteiger partial charge in [-0.2, -0.15) is 0 Å². The van der Waals surface area contributed by atoms with Gasteiger partial charge in [0.15, 0.2) is 0 Å². The van der Waals surface area contributed by atoms with E-state index < -0.39 is 0 Å². The number of hydrogen-bond acceptors (Lipinski definition) is 4. The predicted molar refractivity (Wildman–Crippen MR) is 92.2 cm³/mol. The molecule has 2 N–H and O–H groups in total. The Bertz CT molecular complexity index is 675. The van der Waals surface area contributed by atoms with E-state index in [-0.39, 0.29) is 11.9 Å². The van der Waals surface area contributed by atoms with Crippen molar-refractivity contribution in [2.45, 2.75) is 33.2 Å². The Labute approximate surface area is 138 Å². The molecule has 0 bridgehead atoms. The third-order valence-electron chi connectivity index (χ3n) is 3.25. The summed E-state index contributed by atoms with van der Waals surface area (Å²) < 4.78 is 0.841. The van der Waals surface area contributed by atoms with Crippen LogP contribution in [0, 0.1) is 6.92 Å². The van der Waals surface area contributed by atoms with Crippen LogP contribution in [0.3, 0.4) is 0 Å². The molecule has 0 aliphatic heterocycles. The molecule has 2 aromatic rings. The van der Waals surface area contributed by atoms with Gasteiger partial charge in [0.2, 0.25) is 5.95 Å². The van der Waals surface area contributed by atoms with E-state index in [9.17, 15) is 4.79 Å². The lowest BCUT2D eigenvalue weighted by Crippen LogP contribution is -2.19. The molecule has 1 aromatic heterocycles. The number of carbonyl (C=O) groups is 1. The number of nitrogens with one attached hydrogen (secondary N) is 2. The van der Waals surface area contributed by atoms with Crippen molar-refractivity contribution in [2.24, 2.45) is 0 Å². The molecule has 0 radical (unpaired) electrons. The molecule has 0 saturated heterocycles. The minimum atomic E-state index is -0.265. The van der Waals surface area contributed by atoms with Crippen LogP contribution in [-0.4, -0.2) is 21.9 Å². The largest absolute Gasteiger partial charge is 0.352 e. The molecule has 22 heavy (non-hydrogen) atoms. The second kappa shape index (κ2) is 7.35. The van der Waals surface area contributed by atoms with Gasteiger partial charge in [0.1, 0.15) is 5.69 Å². The molecule has 0 saturated carbocycles. The zero-order valence-corrected chi connectivity index (χ0v) is 14.4. The van der Waals surface area contributed by atoms with Crippen LogP contribution in [0.4, 0.5) is 11.6 Å². The number of aryl methyl sites for hydroxylation is 1. The second-order valence-corrected chi connectivity index (χ2v) is 6.01. The zero-order chi connectivity index (χ0) is 16.1. The van der Waals surface area contributed by atoms with Gasteiger partial charge >= 0.3 is 0 Å². The van der Waals surface area contributed by atoms with Gasteiger partial charge in [0.05, 0.1) is 5.69 Å². The van der Waals surface area contributed by atoms with Gasteiger partial charge < -0.3 is 10.6 Å². The Kier molecular flexibility index (Phi) is 5.49. The Balaban J connectivity index is 2.14. The molecule has 1 unspecified atom stereocenters. The van der Waals surface area contributed by atoms with Crippen LogP contribution in [0.2, 0.25) is 0 Å². The fourth-order valence-corrected chi connectivity index (χ4v) is 2.38. The highest BCUT2D eigenvalue weighted by atomic mass is 79.9. The van der Waals surface area contributed by atoms with Crippen molar-refractivity contribution in [3.8, 4) is 0 Å². The third-order valence-corrected chi connectivity index (χ3v) is 3.90. The number of rotatable bonds is 5. The lowest BCUT2D eigenvalue weighted by atomic mass is 10.2. The van der Waals surface area contributed by atoms with Gasteiger partial charge in [0, 0.05) is 16.7 Å². The molecule has 116 valence electrons. The van der Waals surface area contributed by atoms with Crippen LogP contribution >= 0.6 is 15.9 Å². The van der Waals surface area contributed by atoms with E-state index in [1.807, 2.05) is 32.0 Å². The average Bonchev–Trinajstić information content (AvgIpc) is 2.50. The standard InChI is InChI=1S/C16H19BrN4O/c1-4-11(3)19-16-18-8-7-14(21-16)15(22)20-13-6-5-10(2)9-12(13)17/h5-9,11H,4H2,1-3H3,(H,20,22)(H,18,19,21). The van der Waals surface area contributed by atoms with Gasteiger partial charge in [-0.15, -0.1) is 0 Å². The molecule has 1 aromatic carbocycles. The molecule has 0 aliphatic rings. The SMILES string of the molecule is CCC(C)Nc1nccc(C(=O)Nc2ccc(C)cc2Br)n1. The topological polar surface area (TPSA) is 66.9 Å². The maximum Gasteiger partial charge on any atom is 0.274 e. The van der Waals surface area contributed by atoms with E-state index in [2.05, 4.69) is 43.5 Å². The smallest absolute Gasteiger partial charge is 0.274 e.